The molecule has 0 aliphatic carbocycles. The van der Waals surface area contributed by atoms with Gasteiger partial charge in [-0.05, 0) is 12.8 Å². The van der Waals surface area contributed by atoms with E-state index in [0.717, 1.165) is 25.2 Å². The van der Waals surface area contributed by atoms with Crippen LogP contribution in [0.2, 0.25) is 0 Å². The first-order chi connectivity index (χ1) is 7.83. The van der Waals surface area contributed by atoms with E-state index in [2.05, 4.69) is 15.0 Å². The lowest BCUT2D eigenvalue weighted by molar-refractivity contribution is -0.127. The van der Waals surface area contributed by atoms with Gasteiger partial charge in [0.2, 0.25) is 6.39 Å². The lowest BCUT2D eigenvalue weighted by Crippen LogP contribution is -2.51. The van der Waals surface area contributed by atoms with E-state index >= 15 is 0 Å². The van der Waals surface area contributed by atoms with Crippen molar-refractivity contribution >= 4 is 5.78 Å². The van der Waals surface area contributed by atoms with E-state index < -0.39 is 0 Å². The molecule has 1 aromatic heterocycles. The van der Waals surface area contributed by atoms with Crippen LogP contribution in [0, 0.1) is 0 Å². The zero-order valence-corrected chi connectivity index (χ0v) is 9.13. The Labute approximate surface area is 93.8 Å². The molecule has 2 bridgehead atoms. The number of hydrogen-bond donors (Lipinski definition) is 0. The van der Waals surface area contributed by atoms with Crippen molar-refractivity contribution in [1.82, 2.24) is 15.0 Å². The fourth-order valence-corrected chi connectivity index (χ4v) is 2.95. The molecule has 2 aliphatic rings. The largest absolute Gasteiger partial charge is 0.343 e. The van der Waals surface area contributed by atoms with Gasteiger partial charge in [0.15, 0.2) is 5.82 Å². The Kier molecular flexibility index (Phi) is 2.47. The molecule has 2 saturated heterocycles. The van der Waals surface area contributed by atoms with Crippen LogP contribution in [0.3, 0.4) is 0 Å². The van der Waals surface area contributed by atoms with Gasteiger partial charge in [0.1, 0.15) is 5.78 Å². The summed E-state index contributed by atoms with van der Waals surface area (Å²) in [6.07, 6.45) is 6.26. The fourth-order valence-electron chi connectivity index (χ4n) is 2.95. The normalized spacial score (nSPS) is 30.6. The summed E-state index contributed by atoms with van der Waals surface area (Å²) >= 11 is 0. The van der Waals surface area contributed by atoms with Crippen LogP contribution in [0.4, 0.5) is 0 Å². The van der Waals surface area contributed by atoms with E-state index in [-0.39, 0.29) is 0 Å². The molecule has 0 saturated carbocycles. The number of carbonyl (C=O) groups is 1. The average Bonchev–Trinajstić information content (AvgIpc) is 2.72. The number of carbonyl (C=O) groups excluding carboxylic acids is 1. The Hall–Kier alpha value is -1.23. The number of rotatable bonds is 2. The summed E-state index contributed by atoms with van der Waals surface area (Å²) in [7, 11) is 0. The fraction of sp³-hybridized carbons (Fsp3) is 0.727. The van der Waals surface area contributed by atoms with E-state index in [1.54, 1.807) is 0 Å². The molecular weight excluding hydrogens is 206 g/mol. The SMILES string of the molecule is O=C1CC2CCCC(C1)N2Cc1ncon1. The summed E-state index contributed by atoms with van der Waals surface area (Å²) in [5.74, 6) is 1.14. The predicted octanol–water partition coefficient (Wildman–Crippen LogP) is 1.16. The third kappa shape index (κ3) is 1.75. The smallest absolute Gasteiger partial charge is 0.213 e. The minimum atomic E-state index is 0.401. The van der Waals surface area contributed by atoms with E-state index in [4.69, 9.17) is 4.52 Å². The van der Waals surface area contributed by atoms with Gasteiger partial charge < -0.3 is 4.52 Å². The highest BCUT2D eigenvalue weighted by atomic mass is 16.5. The number of ketones is 1. The van der Waals surface area contributed by atoms with E-state index in [0.29, 0.717) is 30.7 Å². The summed E-state index contributed by atoms with van der Waals surface area (Å²) in [6.45, 7) is 0.721. The molecule has 1 aromatic rings. The maximum atomic E-state index is 11.5. The van der Waals surface area contributed by atoms with Gasteiger partial charge in [0, 0.05) is 24.9 Å². The van der Waals surface area contributed by atoms with Crippen LogP contribution in [0.15, 0.2) is 10.9 Å². The Morgan fingerprint density at radius 2 is 2.12 bits per heavy atom. The quantitative estimate of drug-likeness (QED) is 0.750. The molecule has 5 heteroatoms. The van der Waals surface area contributed by atoms with Gasteiger partial charge >= 0.3 is 0 Å². The van der Waals surface area contributed by atoms with Crippen LogP contribution in [0.25, 0.3) is 0 Å². The maximum absolute atomic E-state index is 11.5. The minimum absolute atomic E-state index is 0.401. The zero-order valence-electron chi connectivity index (χ0n) is 9.13. The Morgan fingerprint density at radius 3 is 2.75 bits per heavy atom. The third-order valence-corrected chi connectivity index (χ3v) is 3.67. The van der Waals surface area contributed by atoms with Crippen LogP contribution in [0.1, 0.15) is 37.9 Å². The molecule has 0 amide bonds. The van der Waals surface area contributed by atoms with Crippen LogP contribution in [-0.4, -0.2) is 32.9 Å². The number of nitrogens with zero attached hydrogens (tertiary/aromatic N) is 3. The highest BCUT2D eigenvalue weighted by molar-refractivity contribution is 5.80. The van der Waals surface area contributed by atoms with Crippen LogP contribution in [0.5, 0.6) is 0 Å². The van der Waals surface area contributed by atoms with Crippen LogP contribution in [-0.2, 0) is 11.3 Å². The lowest BCUT2D eigenvalue weighted by atomic mass is 9.84. The van der Waals surface area contributed by atoms with E-state index in [1.807, 2.05) is 0 Å². The van der Waals surface area contributed by atoms with Gasteiger partial charge in [0.25, 0.3) is 0 Å². The molecule has 2 unspecified atom stereocenters. The van der Waals surface area contributed by atoms with Crippen molar-refractivity contribution in [1.29, 1.82) is 0 Å². The van der Waals surface area contributed by atoms with Gasteiger partial charge in [-0.15, -0.1) is 0 Å². The summed E-state index contributed by atoms with van der Waals surface area (Å²) in [5, 5.41) is 3.84. The first-order valence-corrected chi connectivity index (χ1v) is 5.85. The third-order valence-electron chi connectivity index (χ3n) is 3.67. The molecule has 0 radical (unpaired) electrons. The molecule has 2 aliphatic heterocycles. The van der Waals surface area contributed by atoms with E-state index in [1.165, 1.54) is 12.8 Å². The standard InChI is InChI=1S/C11H15N3O2/c15-10-4-8-2-1-3-9(5-10)14(8)6-11-12-7-16-13-11/h7-9H,1-6H2. The van der Waals surface area contributed by atoms with Crippen molar-refractivity contribution in [2.45, 2.75) is 50.7 Å². The number of aromatic nitrogens is 2. The van der Waals surface area contributed by atoms with Gasteiger partial charge in [-0.1, -0.05) is 11.6 Å². The minimum Gasteiger partial charge on any atom is -0.343 e. The van der Waals surface area contributed by atoms with Crippen molar-refractivity contribution in [3.05, 3.63) is 12.2 Å². The van der Waals surface area contributed by atoms with Crippen molar-refractivity contribution in [3.63, 3.8) is 0 Å². The molecule has 2 fully saturated rings. The van der Waals surface area contributed by atoms with Gasteiger partial charge in [-0.3, -0.25) is 9.69 Å². The molecule has 0 aromatic carbocycles. The van der Waals surface area contributed by atoms with Crippen molar-refractivity contribution < 1.29 is 9.32 Å². The summed E-state index contributed by atoms with van der Waals surface area (Å²) in [5.41, 5.74) is 0. The highest BCUT2D eigenvalue weighted by Crippen LogP contribution is 2.32. The molecule has 5 nitrogen and oxygen atoms in total. The Morgan fingerprint density at radius 1 is 1.38 bits per heavy atom. The summed E-state index contributed by atoms with van der Waals surface area (Å²) in [4.78, 5) is 18.0. The van der Waals surface area contributed by atoms with Crippen LogP contribution < -0.4 is 0 Å². The number of fused-ring (bicyclic) bond motifs is 2. The molecule has 2 atom stereocenters. The van der Waals surface area contributed by atoms with Gasteiger partial charge in [-0.25, -0.2) is 0 Å². The second-order valence-corrected chi connectivity index (χ2v) is 4.71. The molecule has 16 heavy (non-hydrogen) atoms. The number of Topliss-reactive ketones (excluding diaryl/α,β-unsaturated/α-hetero) is 1. The molecule has 3 rings (SSSR count). The first kappa shape index (κ1) is 9.96. The van der Waals surface area contributed by atoms with Crippen molar-refractivity contribution in [2.75, 3.05) is 0 Å². The molecule has 0 N–H and O–H groups in total. The monoisotopic (exact) mass is 221 g/mol. The molecule has 86 valence electrons. The topological polar surface area (TPSA) is 59.2 Å². The summed E-state index contributed by atoms with van der Waals surface area (Å²) in [6, 6.07) is 0.803. The second kappa shape index (κ2) is 3.97. The van der Waals surface area contributed by atoms with Crippen molar-refractivity contribution in [2.24, 2.45) is 0 Å². The lowest BCUT2D eigenvalue weighted by Gasteiger charge is -2.44. The second-order valence-electron chi connectivity index (χ2n) is 4.71. The van der Waals surface area contributed by atoms with E-state index in [9.17, 15) is 4.79 Å². The summed E-state index contributed by atoms with van der Waals surface area (Å²) < 4.78 is 4.74. The van der Waals surface area contributed by atoms with Gasteiger partial charge in [-0.2, -0.15) is 4.98 Å². The highest BCUT2D eigenvalue weighted by Gasteiger charge is 2.37. The van der Waals surface area contributed by atoms with Crippen molar-refractivity contribution in [3.8, 4) is 0 Å². The Balaban J connectivity index is 1.76. The molecule has 3 heterocycles. The first-order valence-electron chi connectivity index (χ1n) is 5.85. The number of piperidine rings is 2. The molecule has 0 spiro atoms. The maximum Gasteiger partial charge on any atom is 0.213 e. The molecular formula is C11H15N3O2. The van der Waals surface area contributed by atoms with Crippen LogP contribution >= 0.6 is 0 Å². The predicted molar refractivity (Wildman–Crippen MR) is 55.5 cm³/mol. The average molecular weight is 221 g/mol. The zero-order chi connectivity index (χ0) is 11.0. The Bertz CT molecular complexity index is 361. The van der Waals surface area contributed by atoms with Gasteiger partial charge in [0.05, 0.1) is 6.54 Å². The number of hydrogen-bond acceptors (Lipinski definition) is 5.